The van der Waals surface area contributed by atoms with Crippen molar-refractivity contribution in [1.29, 1.82) is 0 Å². The predicted octanol–water partition coefficient (Wildman–Crippen LogP) is 3.17. The van der Waals surface area contributed by atoms with Gasteiger partial charge in [0.2, 0.25) is 0 Å². The van der Waals surface area contributed by atoms with Crippen molar-refractivity contribution in [2.24, 2.45) is 11.7 Å². The SMILES string of the molecule is CC1CC1(CN)Sc1cccc(Cl)c1. The lowest BCUT2D eigenvalue weighted by molar-refractivity contribution is 0.807. The van der Waals surface area contributed by atoms with Crippen molar-refractivity contribution in [2.75, 3.05) is 6.54 Å². The minimum Gasteiger partial charge on any atom is -0.329 e. The molecule has 76 valence electrons. The van der Waals surface area contributed by atoms with Crippen LogP contribution in [-0.4, -0.2) is 11.3 Å². The summed E-state index contributed by atoms with van der Waals surface area (Å²) in [5.41, 5.74) is 5.79. The van der Waals surface area contributed by atoms with Crippen molar-refractivity contribution in [3.05, 3.63) is 29.3 Å². The van der Waals surface area contributed by atoms with E-state index >= 15 is 0 Å². The molecule has 1 fully saturated rings. The maximum absolute atomic E-state index is 5.93. The second-order valence-electron chi connectivity index (χ2n) is 3.93. The Balaban J connectivity index is 2.11. The van der Waals surface area contributed by atoms with Crippen LogP contribution in [0.25, 0.3) is 0 Å². The zero-order chi connectivity index (χ0) is 10.2. The highest BCUT2D eigenvalue weighted by Crippen LogP contribution is 2.55. The van der Waals surface area contributed by atoms with E-state index in [4.69, 9.17) is 17.3 Å². The minimum atomic E-state index is 0.282. The van der Waals surface area contributed by atoms with E-state index in [-0.39, 0.29) is 4.75 Å². The van der Waals surface area contributed by atoms with Gasteiger partial charge in [0.25, 0.3) is 0 Å². The second kappa shape index (κ2) is 3.76. The minimum absolute atomic E-state index is 0.282. The van der Waals surface area contributed by atoms with Gasteiger partial charge in [0.15, 0.2) is 0 Å². The number of thioether (sulfide) groups is 1. The molecule has 0 aliphatic heterocycles. The van der Waals surface area contributed by atoms with E-state index in [1.165, 1.54) is 11.3 Å². The van der Waals surface area contributed by atoms with Crippen molar-refractivity contribution in [1.82, 2.24) is 0 Å². The Hall–Kier alpha value is -0.180. The molecular weight excluding hydrogens is 214 g/mol. The molecule has 2 rings (SSSR count). The third kappa shape index (κ3) is 1.92. The van der Waals surface area contributed by atoms with Crippen molar-refractivity contribution in [3.8, 4) is 0 Å². The molecule has 0 aromatic heterocycles. The Morgan fingerprint density at radius 1 is 1.64 bits per heavy atom. The molecular formula is C11H14ClNS. The number of hydrogen-bond acceptors (Lipinski definition) is 2. The molecule has 1 aliphatic rings. The van der Waals surface area contributed by atoms with Crippen LogP contribution in [0.4, 0.5) is 0 Å². The Labute approximate surface area is 94.0 Å². The lowest BCUT2D eigenvalue weighted by atomic mass is 10.3. The summed E-state index contributed by atoms with van der Waals surface area (Å²) >= 11 is 7.80. The third-order valence-electron chi connectivity index (χ3n) is 2.85. The molecule has 1 nitrogen and oxygen atoms in total. The average molecular weight is 228 g/mol. The molecule has 0 amide bonds. The zero-order valence-electron chi connectivity index (χ0n) is 8.16. The first-order chi connectivity index (χ1) is 6.66. The van der Waals surface area contributed by atoms with Gasteiger partial charge < -0.3 is 5.73 Å². The summed E-state index contributed by atoms with van der Waals surface area (Å²) in [5.74, 6) is 0.733. The van der Waals surface area contributed by atoms with Crippen LogP contribution in [0.15, 0.2) is 29.2 Å². The van der Waals surface area contributed by atoms with E-state index in [2.05, 4.69) is 13.0 Å². The first-order valence-corrected chi connectivity index (χ1v) is 6.00. The first-order valence-electron chi connectivity index (χ1n) is 4.81. The number of halogens is 1. The van der Waals surface area contributed by atoms with Crippen LogP contribution in [0.5, 0.6) is 0 Å². The van der Waals surface area contributed by atoms with Crippen molar-refractivity contribution < 1.29 is 0 Å². The molecule has 1 aromatic rings. The zero-order valence-corrected chi connectivity index (χ0v) is 9.74. The van der Waals surface area contributed by atoms with E-state index in [0.717, 1.165) is 17.5 Å². The van der Waals surface area contributed by atoms with E-state index in [0.29, 0.717) is 0 Å². The van der Waals surface area contributed by atoms with Crippen LogP contribution in [-0.2, 0) is 0 Å². The molecule has 0 saturated heterocycles. The molecule has 2 N–H and O–H groups in total. The molecule has 0 spiro atoms. The summed E-state index contributed by atoms with van der Waals surface area (Å²) in [4.78, 5) is 1.23. The summed E-state index contributed by atoms with van der Waals surface area (Å²) in [5, 5.41) is 0.801. The fourth-order valence-electron chi connectivity index (χ4n) is 1.69. The molecule has 14 heavy (non-hydrogen) atoms. The fourth-order valence-corrected chi connectivity index (χ4v) is 3.37. The lowest BCUT2D eigenvalue weighted by Crippen LogP contribution is -2.19. The molecule has 1 aliphatic carbocycles. The summed E-state index contributed by atoms with van der Waals surface area (Å²) in [6, 6.07) is 7.99. The van der Waals surface area contributed by atoms with Crippen LogP contribution in [0, 0.1) is 5.92 Å². The number of benzene rings is 1. The highest BCUT2D eigenvalue weighted by Gasteiger charge is 2.50. The smallest absolute Gasteiger partial charge is 0.0417 e. The van der Waals surface area contributed by atoms with Gasteiger partial charge in [0.05, 0.1) is 0 Å². The molecule has 0 heterocycles. The number of hydrogen-bond donors (Lipinski definition) is 1. The van der Waals surface area contributed by atoms with Crippen molar-refractivity contribution >= 4 is 23.4 Å². The van der Waals surface area contributed by atoms with E-state index in [9.17, 15) is 0 Å². The quantitative estimate of drug-likeness (QED) is 0.859. The normalized spacial score (nSPS) is 30.4. The Morgan fingerprint density at radius 3 is 2.86 bits per heavy atom. The molecule has 1 aromatic carbocycles. The Morgan fingerprint density at radius 2 is 2.36 bits per heavy atom. The van der Waals surface area contributed by atoms with Gasteiger partial charge in [-0.15, -0.1) is 11.8 Å². The number of rotatable bonds is 3. The molecule has 0 bridgehead atoms. The maximum Gasteiger partial charge on any atom is 0.0417 e. The number of nitrogens with two attached hydrogens (primary N) is 1. The predicted molar refractivity (Wildman–Crippen MR) is 62.9 cm³/mol. The maximum atomic E-state index is 5.93. The first kappa shape index (κ1) is 10.3. The Kier molecular flexibility index (Phi) is 2.78. The average Bonchev–Trinajstić information content (AvgIpc) is 2.77. The van der Waals surface area contributed by atoms with Gasteiger partial charge in [-0.25, -0.2) is 0 Å². The fraction of sp³-hybridized carbons (Fsp3) is 0.455. The topological polar surface area (TPSA) is 26.0 Å². The van der Waals surface area contributed by atoms with Crippen LogP contribution < -0.4 is 5.73 Å². The van der Waals surface area contributed by atoms with Gasteiger partial charge in [-0.3, -0.25) is 0 Å². The van der Waals surface area contributed by atoms with Crippen LogP contribution in [0.1, 0.15) is 13.3 Å². The highest BCUT2D eigenvalue weighted by molar-refractivity contribution is 8.01. The molecule has 2 unspecified atom stereocenters. The van der Waals surface area contributed by atoms with Crippen LogP contribution >= 0.6 is 23.4 Å². The van der Waals surface area contributed by atoms with Crippen LogP contribution in [0.3, 0.4) is 0 Å². The van der Waals surface area contributed by atoms with E-state index in [1.807, 2.05) is 30.0 Å². The monoisotopic (exact) mass is 227 g/mol. The van der Waals surface area contributed by atoms with Gasteiger partial charge in [0.1, 0.15) is 0 Å². The van der Waals surface area contributed by atoms with Gasteiger partial charge in [-0.2, -0.15) is 0 Å². The van der Waals surface area contributed by atoms with Crippen molar-refractivity contribution in [2.45, 2.75) is 23.0 Å². The second-order valence-corrected chi connectivity index (χ2v) is 5.86. The summed E-state index contributed by atoms with van der Waals surface area (Å²) in [7, 11) is 0. The van der Waals surface area contributed by atoms with E-state index < -0.39 is 0 Å². The molecule has 2 atom stereocenters. The third-order valence-corrected chi connectivity index (χ3v) is 4.72. The van der Waals surface area contributed by atoms with Gasteiger partial charge in [0, 0.05) is 21.2 Å². The van der Waals surface area contributed by atoms with Gasteiger partial charge in [-0.1, -0.05) is 24.6 Å². The largest absolute Gasteiger partial charge is 0.329 e. The summed E-state index contributed by atoms with van der Waals surface area (Å²) in [6.45, 7) is 3.01. The lowest BCUT2D eigenvalue weighted by Gasteiger charge is -2.13. The van der Waals surface area contributed by atoms with E-state index in [1.54, 1.807) is 0 Å². The standard InChI is InChI=1S/C11H14ClNS/c1-8-6-11(8,7-13)14-10-4-2-3-9(12)5-10/h2-5,8H,6-7,13H2,1H3. The molecule has 0 radical (unpaired) electrons. The van der Waals surface area contributed by atoms with Gasteiger partial charge >= 0.3 is 0 Å². The van der Waals surface area contributed by atoms with Gasteiger partial charge in [-0.05, 0) is 30.5 Å². The summed E-state index contributed by atoms with van der Waals surface area (Å²) < 4.78 is 0.282. The van der Waals surface area contributed by atoms with Crippen molar-refractivity contribution in [3.63, 3.8) is 0 Å². The molecule has 1 saturated carbocycles. The van der Waals surface area contributed by atoms with Crippen LogP contribution in [0.2, 0.25) is 5.02 Å². The Bertz CT molecular complexity index is 338. The molecule has 3 heteroatoms. The summed E-state index contributed by atoms with van der Waals surface area (Å²) in [6.07, 6.45) is 1.22. The highest BCUT2D eigenvalue weighted by atomic mass is 35.5.